The van der Waals surface area contributed by atoms with Crippen molar-refractivity contribution in [2.24, 2.45) is 0 Å². The smallest absolute Gasteiger partial charge is 0.270 e. The van der Waals surface area contributed by atoms with Crippen molar-refractivity contribution in [3.8, 4) is 0 Å². The molecule has 0 bridgehead atoms. The van der Waals surface area contributed by atoms with Crippen LogP contribution in [0.4, 0.5) is 5.69 Å². The summed E-state index contributed by atoms with van der Waals surface area (Å²) in [5.74, 6) is 0. The first-order valence-corrected chi connectivity index (χ1v) is 6.93. The highest BCUT2D eigenvalue weighted by atomic mass is 32.1. The van der Waals surface area contributed by atoms with Crippen molar-refractivity contribution >= 4 is 27.1 Å². The van der Waals surface area contributed by atoms with Crippen molar-refractivity contribution in [2.75, 3.05) is 13.1 Å². The lowest BCUT2D eigenvalue weighted by atomic mass is 10.2. The van der Waals surface area contributed by atoms with E-state index in [4.69, 9.17) is 0 Å². The van der Waals surface area contributed by atoms with Gasteiger partial charge in [-0.05, 0) is 43.5 Å². The lowest BCUT2D eigenvalue weighted by molar-refractivity contribution is -0.384. The Morgan fingerprint density at radius 1 is 1.28 bits per heavy atom. The fraction of sp³-hybridized carbons (Fsp3) is 0.385. The van der Waals surface area contributed by atoms with Gasteiger partial charge < -0.3 is 0 Å². The first-order valence-electron chi connectivity index (χ1n) is 6.11. The number of nitro benzene ring substituents is 1. The third-order valence-electron chi connectivity index (χ3n) is 3.34. The van der Waals surface area contributed by atoms with Crippen molar-refractivity contribution in [2.45, 2.75) is 19.4 Å². The highest BCUT2D eigenvalue weighted by Gasteiger charge is 2.14. The summed E-state index contributed by atoms with van der Waals surface area (Å²) in [7, 11) is 0. The molecule has 0 saturated carbocycles. The zero-order chi connectivity index (χ0) is 12.5. The van der Waals surface area contributed by atoms with Gasteiger partial charge in [-0.25, -0.2) is 0 Å². The van der Waals surface area contributed by atoms with Crippen molar-refractivity contribution in [3.63, 3.8) is 0 Å². The molecule has 1 fully saturated rings. The Kier molecular flexibility index (Phi) is 3.01. The molecule has 4 nitrogen and oxygen atoms in total. The van der Waals surface area contributed by atoms with Crippen LogP contribution in [0.2, 0.25) is 0 Å². The van der Waals surface area contributed by atoms with Gasteiger partial charge in [-0.3, -0.25) is 15.0 Å². The molecular formula is C13H14N2O2S. The van der Waals surface area contributed by atoms with Gasteiger partial charge in [0.15, 0.2) is 0 Å². The maximum atomic E-state index is 10.7. The summed E-state index contributed by atoms with van der Waals surface area (Å²) in [4.78, 5) is 14.1. The molecule has 0 spiro atoms. The number of hydrogen-bond donors (Lipinski definition) is 0. The molecule has 0 atom stereocenters. The quantitative estimate of drug-likeness (QED) is 0.629. The van der Waals surface area contributed by atoms with Crippen LogP contribution in [0, 0.1) is 10.1 Å². The van der Waals surface area contributed by atoms with Gasteiger partial charge in [0.1, 0.15) is 0 Å². The van der Waals surface area contributed by atoms with E-state index in [1.807, 2.05) is 6.07 Å². The predicted octanol–water partition coefficient (Wildman–Crippen LogP) is 3.41. The van der Waals surface area contributed by atoms with E-state index in [-0.39, 0.29) is 10.6 Å². The minimum absolute atomic E-state index is 0.174. The molecule has 94 valence electrons. The third kappa shape index (κ3) is 2.23. The minimum Gasteiger partial charge on any atom is -0.298 e. The molecule has 3 rings (SSSR count). The first-order chi connectivity index (χ1) is 8.72. The summed E-state index contributed by atoms with van der Waals surface area (Å²) in [6.07, 6.45) is 2.58. The predicted molar refractivity (Wildman–Crippen MR) is 73.0 cm³/mol. The van der Waals surface area contributed by atoms with Gasteiger partial charge in [-0.1, -0.05) is 0 Å². The molecule has 1 aliphatic heterocycles. The van der Waals surface area contributed by atoms with Crippen molar-refractivity contribution in [1.82, 2.24) is 4.90 Å². The van der Waals surface area contributed by atoms with Crippen LogP contribution < -0.4 is 0 Å². The van der Waals surface area contributed by atoms with E-state index in [0.717, 1.165) is 16.6 Å². The molecule has 0 amide bonds. The Labute approximate surface area is 109 Å². The third-order valence-corrected chi connectivity index (χ3v) is 4.44. The van der Waals surface area contributed by atoms with Gasteiger partial charge in [0.05, 0.1) is 4.92 Å². The average molecular weight is 262 g/mol. The van der Waals surface area contributed by atoms with Crippen LogP contribution in [-0.4, -0.2) is 22.9 Å². The number of benzene rings is 1. The average Bonchev–Trinajstić information content (AvgIpc) is 2.96. The van der Waals surface area contributed by atoms with E-state index in [1.165, 1.54) is 30.8 Å². The molecule has 0 unspecified atom stereocenters. The standard InChI is InChI=1S/C13H14N2O2S/c16-15(17)11-3-4-13-10(7-11)8-12(18-13)9-14-5-1-2-6-14/h3-4,7-8H,1-2,5-6,9H2. The van der Waals surface area contributed by atoms with E-state index < -0.39 is 0 Å². The summed E-state index contributed by atoms with van der Waals surface area (Å²) in [6.45, 7) is 3.33. The number of nitrogens with zero attached hydrogens (tertiary/aromatic N) is 2. The normalized spacial score (nSPS) is 16.4. The SMILES string of the molecule is O=[N+]([O-])c1ccc2sc(CN3CCCC3)cc2c1. The second kappa shape index (κ2) is 4.66. The first kappa shape index (κ1) is 11.6. The van der Waals surface area contributed by atoms with E-state index in [2.05, 4.69) is 11.0 Å². The van der Waals surface area contributed by atoms with E-state index in [1.54, 1.807) is 23.5 Å². The van der Waals surface area contributed by atoms with Crippen molar-refractivity contribution < 1.29 is 4.92 Å². The zero-order valence-corrected chi connectivity index (χ0v) is 10.8. The fourth-order valence-corrected chi connectivity index (χ4v) is 3.53. The van der Waals surface area contributed by atoms with E-state index >= 15 is 0 Å². The van der Waals surface area contributed by atoms with Crippen LogP contribution in [-0.2, 0) is 6.54 Å². The molecule has 18 heavy (non-hydrogen) atoms. The van der Waals surface area contributed by atoms with Gasteiger partial charge in [0.2, 0.25) is 0 Å². The van der Waals surface area contributed by atoms with Crippen molar-refractivity contribution in [1.29, 1.82) is 0 Å². The van der Waals surface area contributed by atoms with Crippen LogP contribution >= 0.6 is 11.3 Å². The summed E-state index contributed by atoms with van der Waals surface area (Å²) in [6, 6.07) is 7.19. The molecule has 0 aliphatic carbocycles. The van der Waals surface area contributed by atoms with E-state index in [9.17, 15) is 10.1 Å². The molecule has 5 heteroatoms. The summed E-state index contributed by atoms with van der Waals surface area (Å²) in [5, 5.41) is 11.7. The largest absolute Gasteiger partial charge is 0.298 e. The molecule has 1 saturated heterocycles. The van der Waals surface area contributed by atoms with Crippen LogP contribution in [0.5, 0.6) is 0 Å². The maximum absolute atomic E-state index is 10.7. The lowest BCUT2D eigenvalue weighted by Gasteiger charge is -2.12. The summed E-state index contributed by atoms with van der Waals surface area (Å²) >= 11 is 1.74. The molecule has 0 N–H and O–H groups in total. The second-order valence-corrected chi connectivity index (χ2v) is 5.84. The highest BCUT2D eigenvalue weighted by molar-refractivity contribution is 7.19. The number of nitro groups is 1. The number of hydrogen-bond acceptors (Lipinski definition) is 4. The summed E-state index contributed by atoms with van der Waals surface area (Å²) in [5.41, 5.74) is 0.174. The molecule has 2 aromatic rings. The molecular weight excluding hydrogens is 248 g/mol. The zero-order valence-electron chi connectivity index (χ0n) is 9.96. The minimum atomic E-state index is -0.336. The number of non-ortho nitro benzene ring substituents is 1. The van der Waals surface area contributed by atoms with Gasteiger partial charge >= 0.3 is 0 Å². The topological polar surface area (TPSA) is 46.4 Å². The Balaban J connectivity index is 1.87. The van der Waals surface area contributed by atoms with Gasteiger partial charge in [-0.2, -0.15) is 0 Å². The summed E-state index contributed by atoms with van der Waals surface area (Å²) < 4.78 is 1.13. The van der Waals surface area contributed by atoms with Crippen LogP contribution in [0.15, 0.2) is 24.3 Å². The molecule has 1 aromatic carbocycles. The van der Waals surface area contributed by atoms with Gasteiger partial charge in [0.25, 0.3) is 5.69 Å². The Morgan fingerprint density at radius 3 is 2.78 bits per heavy atom. The van der Waals surface area contributed by atoms with Gasteiger partial charge in [0, 0.05) is 28.3 Å². The monoisotopic (exact) mass is 262 g/mol. The van der Waals surface area contributed by atoms with Crippen LogP contribution in [0.1, 0.15) is 17.7 Å². The number of thiophene rings is 1. The lowest BCUT2D eigenvalue weighted by Crippen LogP contribution is -2.17. The van der Waals surface area contributed by atoms with E-state index in [0.29, 0.717) is 0 Å². The number of fused-ring (bicyclic) bond motifs is 1. The molecule has 2 heterocycles. The Morgan fingerprint density at radius 2 is 2.06 bits per heavy atom. The van der Waals surface area contributed by atoms with Crippen LogP contribution in [0.25, 0.3) is 10.1 Å². The van der Waals surface area contributed by atoms with Gasteiger partial charge in [-0.15, -0.1) is 11.3 Å². The fourth-order valence-electron chi connectivity index (χ4n) is 2.44. The number of rotatable bonds is 3. The Bertz CT molecular complexity index is 588. The molecule has 1 aromatic heterocycles. The maximum Gasteiger partial charge on any atom is 0.270 e. The highest BCUT2D eigenvalue weighted by Crippen LogP contribution is 2.30. The Hall–Kier alpha value is -1.46. The van der Waals surface area contributed by atoms with Crippen LogP contribution in [0.3, 0.4) is 0 Å². The molecule has 1 aliphatic rings. The second-order valence-electron chi connectivity index (χ2n) is 4.68. The number of likely N-dealkylation sites (tertiary alicyclic amines) is 1. The van der Waals surface area contributed by atoms with Crippen molar-refractivity contribution in [3.05, 3.63) is 39.3 Å². The molecule has 0 radical (unpaired) electrons.